The van der Waals surface area contributed by atoms with Gasteiger partial charge in [-0.25, -0.2) is 4.98 Å². The van der Waals surface area contributed by atoms with Gasteiger partial charge in [0.15, 0.2) is 0 Å². The summed E-state index contributed by atoms with van der Waals surface area (Å²) in [5, 5.41) is 0. The van der Waals surface area contributed by atoms with Crippen molar-refractivity contribution >= 4 is 15.9 Å². The molecule has 3 heteroatoms. The molecule has 15 heavy (non-hydrogen) atoms. The van der Waals surface area contributed by atoms with E-state index in [2.05, 4.69) is 57.1 Å². The third kappa shape index (κ3) is 2.48. The highest BCUT2D eigenvalue weighted by molar-refractivity contribution is 9.10. The van der Waals surface area contributed by atoms with Gasteiger partial charge in [0, 0.05) is 6.42 Å². The fraction of sp³-hybridized carbons (Fsp3) is 0.250. The van der Waals surface area contributed by atoms with Gasteiger partial charge in [-0.3, -0.25) is 0 Å². The van der Waals surface area contributed by atoms with Gasteiger partial charge >= 0.3 is 0 Å². The quantitative estimate of drug-likeness (QED) is 0.885. The molecule has 0 saturated carbocycles. The van der Waals surface area contributed by atoms with Crippen molar-refractivity contribution in [3.63, 3.8) is 0 Å². The lowest BCUT2D eigenvalue weighted by molar-refractivity contribution is 1.07. The average molecular weight is 265 g/mol. The van der Waals surface area contributed by atoms with Crippen LogP contribution in [0.4, 0.5) is 0 Å². The van der Waals surface area contributed by atoms with Gasteiger partial charge in [0.1, 0.15) is 10.4 Å². The van der Waals surface area contributed by atoms with E-state index in [4.69, 9.17) is 0 Å². The Balaban J connectivity index is 2.21. The van der Waals surface area contributed by atoms with Gasteiger partial charge in [0.2, 0.25) is 0 Å². The summed E-state index contributed by atoms with van der Waals surface area (Å²) in [5.74, 6) is 0.948. The Kier molecular flexibility index (Phi) is 2.91. The van der Waals surface area contributed by atoms with Gasteiger partial charge in [0.25, 0.3) is 0 Å². The summed E-state index contributed by atoms with van der Waals surface area (Å²) in [7, 11) is 0. The normalized spacial score (nSPS) is 10.6. The summed E-state index contributed by atoms with van der Waals surface area (Å²) < 4.78 is 0.917. The Morgan fingerprint density at radius 1 is 1.20 bits per heavy atom. The summed E-state index contributed by atoms with van der Waals surface area (Å²) in [6.45, 7) is 4.06. The number of nitrogens with one attached hydrogen (secondary N) is 1. The summed E-state index contributed by atoms with van der Waals surface area (Å²) in [4.78, 5) is 7.54. The molecule has 1 aromatic carbocycles. The third-order valence-corrected chi connectivity index (χ3v) is 3.00. The van der Waals surface area contributed by atoms with Crippen molar-refractivity contribution in [2.75, 3.05) is 0 Å². The van der Waals surface area contributed by atoms with E-state index >= 15 is 0 Å². The number of hydrogen-bond acceptors (Lipinski definition) is 1. The van der Waals surface area contributed by atoms with Crippen LogP contribution < -0.4 is 0 Å². The molecule has 0 unspecified atom stereocenters. The van der Waals surface area contributed by atoms with Gasteiger partial charge in [-0.15, -0.1) is 0 Å². The second kappa shape index (κ2) is 4.19. The zero-order chi connectivity index (χ0) is 10.8. The van der Waals surface area contributed by atoms with Gasteiger partial charge < -0.3 is 4.98 Å². The van der Waals surface area contributed by atoms with Crippen LogP contribution in [0.5, 0.6) is 0 Å². The van der Waals surface area contributed by atoms with E-state index in [0.29, 0.717) is 0 Å². The lowest BCUT2D eigenvalue weighted by Crippen LogP contribution is -1.89. The Labute approximate surface area is 97.9 Å². The van der Waals surface area contributed by atoms with Crippen LogP contribution in [0.25, 0.3) is 0 Å². The Hall–Kier alpha value is -1.09. The highest BCUT2D eigenvalue weighted by Gasteiger charge is 2.05. The monoisotopic (exact) mass is 264 g/mol. The molecule has 1 aromatic heterocycles. The van der Waals surface area contributed by atoms with Crippen molar-refractivity contribution in [3.05, 3.63) is 51.5 Å². The van der Waals surface area contributed by atoms with E-state index in [-0.39, 0.29) is 0 Å². The van der Waals surface area contributed by atoms with Crippen molar-refractivity contribution in [2.24, 2.45) is 0 Å². The van der Waals surface area contributed by atoms with Crippen LogP contribution in [0.1, 0.15) is 22.6 Å². The van der Waals surface area contributed by atoms with Crippen LogP contribution in [-0.4, -0.2) is 9.97 Å². The summed E-state index contributed by atoms with van der Waals surface area (Å²) in [5.41, 5.74) is 3.72. The summed E-state index contributed by atoms with van der Waals surface area (Å²) in [6.07, 6.45) is 0.891. The molecule has 1 heterocycles. The van der Waals surface area contributed by atoms with E-state index in [1.54, 1.807) is 0 Å². The van der Waals surface area contributed by atoms with Crippen LogP contribution in [-0.2, 0) is 6.42 Å². The summed E-state index contributed by atoms with van der Waals surface area (Å²) >= 11 is 3.45. The Morgan fingerprint density at radius 3 is 2.40 bits per heavy atom. The second-order valence-corrected chi connectivity index (χ2v) is 4.51. The SMILES string of the molecule is Cc1ccc(Cc2[nH]c(C)nc2Br)cc1. The molecule has 2 rings (SSSR count). The van der Waals surface area contributed by atoms with E-state index in [1.165, 1.54) is 11.1 Å². The highest BCUT2D eigenvalue weighted by Crippen LogP contribution is 2.17. The zero-order valence-corrected chi connectivity index (χ0v) is 10.4. The molecular weight excluding hydrogens is 252 g/mol. The van der Waals surface area contributed by atoms with Crippen molar-refractivity contribution in [3.8, 4) is 0 Å². The molecule has 2 nitrogen and oxygen atoms in total. The molecule has 0 fully saturated rings. The number of aromatic nitrogens is 2. The van der Waals surface area contributed by atoms with Gasteiger partial charge in [0.05, 0.1) is 5.69 Å². The van der Waals surface area contributed by atoms with Crippen LogP contribution >= 0.6 is 15.9 Å². The number of halogens is 1. The predicted molar refractivity (Wildman–Crippen MR) is 65.0 cm³/mol. The minimum absolute atomic E-state index is 0.891. The first-order valence-corrected chi connectivity index (χ1v) is 5.71. The molecular formula is C12H13BrN2. The third-order valence-electron chi connectivity index (χ3n) is 2.35. The minimum Gasteiger partial charge on any atom is -0.345 e. The van der Waals surface area contributed by atoms with Crippen LogP contribution in [0.3, 0.4) is 0 Å². The van der Waals surface area contributed by atoms with Crippen LogP contribution in [0.2, 0.25) is 0 Å². The lowest BCUT2D eigenvalue weighted by atomic mass is 10.1. The van der Waals surface area contributed by atoms with Gasteiger partial charge in [-0.2, -0.15) is 0 Å². The highest BCUT2D eigenvalue weighted by atomic mass is 79.9. The van der Waals surface area contributed by atoms with Gasteiger partial charge in [-0.05, 0) is 35.3 Å². The molecule has 1 N–H and O–H groups in total. The maximum atomic E-state index is 4.29. The lowest BCUT2D eigenvalue weighted by Gasteiger charge is -2.00. The fourth-order valence-corrected chi connectivity index (χ4v) is 2.05. The van der Waals surface area contributed by atoms with Crippen LogP contribution in [0.15, 0.2) is 28.9 Å². The number of aromatic amines is 1. The molecule has 0 atom stereocenters. The molecule has 0 aliphatic carbocycles. The largest absolute Gasteiger partial charge is 0.345 e. The minimum atomic E-state index is 0.891. The molecule has 0 radical (unpaired) electrons. The Morgan fingerprint density at radius 2 is 1.87 bits per heavy atom. The molecule has 0 aliphatic rings. The number of nitrogens with zero attached hydrogens (tertiary/aromatic N) is 1. The van der Waals surface area contributed by atoms with Crippen molar-refractivity contribution < 1.29 is 0 Å². The smallest absolute Gasteiger partial charge is 0.127 e. The maximum absolute atomic E-state index is 4.29. The first-order valence-electron chi connectivity index (χ1n) is 4.91. The molecule has 78 valence electrons. The second-order valence-electron chi connectivity index (χ2n) is 3.75. The van der Waals surface area contributed by atoms with Crippen molar-refractivity contribution in [1.29, 1.82) is 0 Å². The standard InChI is InChI=1S/C12H13BrN2/c1-8-3-5-10(6-4-8)7-11-12(13)15-9(2)14-11/h3-6H,7H2,1-2H3,(H,14,15). The average Bonchev–Trinajstić information content (AvgIpc) is 2.49. The molecule has 0 aliphatic heterocycles. The first-order chi connectivity index (χ1) is 7.15. The number of aryl methyl sites for hydroxylation is 2. The van der Waals surface area contributed by atoms with Gasteiger partial charge in [-0.1, -0.05) is 29.8 Å². The molecule has 0 spiro atoms. The Bertz CT molecular complexity index is 457. The van der Waals surface area contributed by atoms with Crippen LogP contribution in [0, 0.1) is 13.8 Å². The van der Waals surface area contributed by atoms with Crippen molar-refractivity contribution in [1.82, 2.24) is 9.97 Å². The number of imidazole rings is 1. The van der Waals surface area contributed by atoms with Crippen molar-refractivity contribution in [2.45, 2.75) is 20.3 Å². The zero-order valence-electron chi connectivity index (χ0n) is 8.84. The van der Waals surface area contributed by atoms with E-state index in [0.717, 1.165) is 22.5 Å². The number of rotatable bonds is 2. The van der Waals surface area contributed by atoms with E-state index in [9.17, 15) is 0 Å². The summed E-state index contributed by atoms with van der Waals surface area (Å²) in [6, 6.07) is 8.56. The maximum Gasteiger partial charge on any atom is 0.127 e. The number of benzene rings is 1. The topological polar surface area (TPSA) is 28.7 Å². The van der Waals surface area contributed by atoms with E-state index < -0.39 is 0 Å². The molecule has 2 aromatic rings. The molecule has 0 bridgehead atoms. The fourth-order valence-electron chi connectivity index (χ4n) is 1.54. The molecule has 0 saturated heterocycles. The number of hydrogen-bond donors (Lipinski definition) is 1. The van der Waals surface area contributed by atoms with E-state index in [1.807, 2.05) is 6.92 Å². The predicted octanol–water partition coefficient (Wildman–Crippen LogP) is 3.38. The molecule has 0 amide bonds. The first kappa shape index (κ1) is 10.4. The number of H-pyrrole nitrogens is 1.